The van der Waals surface area contributed by atoms with Gasteiger partial charge in [0.15, 0.2) is 0 Å². The molecule has 0 N–H and O–H groups in total. The van der Waals surface area contributed by atoms with Gasteiger partial charge in [0, 0.05) is 16.8 Å². The van der Waals surface area contributed by atoms with Crippen LogP contribution < -0.4 is 36.6 Å². The minimum absolute atomic E-state index is 0.150. The molecule has 3 aliphatic rings. The molecule has 0 saturated carbocycles. The molecule has 0 aliphatic carbocycles. The second-order valence-electron chi connectivity index (χ2n) is 18.1. The summed E-state index contributed by atoms with van der Waals surface area (Å²) in [7, 11) is 0. The molecule has 310 valence electrons. The van der Waals surface area contributed by atoms with Crippen molar-refractivity contribution in [2.24, 2.45) is 0 Å². The molecule has 8 aromatic carbocycles. The first-order valence-electron chi connectivity index (χ1n) is 22.6. The van der Waals surface area contributed by atoms with Crippen molar-refractivity contribution in [3.8, 4) is 22.3 Å². The van der Waals surface area contributed by atoms with E-state index in [1.807, 2.05) is 40.1 Å². The van der Waals surface area contributed by atoms with E-state index in [2.05, 4.69) is 226 Å². The first-order chi connectivity index (χ1) is 31.8. The van der Waals surface area contributed by atoms with Gasteiger partial charge in [-0.15, -0.1) is 0 Å². The van der Waals surface area contributed by atoms with Gasteiger partial charge in [0.2, 0.25) is 13.4 Å². The van der Waals surface area contributed by atoms with E-state index in [1.165, 1.54) is 32.7 Å². The number of urea groups is 1. The number of hydrogen-bond acceptors (Lipinski definition) is 2. The summed E-state index contributed by atoms with van der Waals surface area (Å²) in [5.74, 6) is 6.31. The van der Waals surface area contributed by atoms with Gasteiger partial charge in [0.25, 0.3) is 0 Å². The maximum Gasteiger partial charge on any atom is 0.340 e. The van der Waals surface area contributed by atoms with Crippen LogP contribution in [0.5, 0.6) is 0 Å². The van der Waals surface area contributed by atoms with E-state index < -0.39 is 0 Å². The van der Waals surface area contributed by atoms with Gasteiger partial charge >= 0.3 is 6.03 Å². The molecule has 6 heteroatoms. The summed E-state index contributed by atoms with van der Waals surface area (Å²) in [6, 6.07) is 76.6. The van der Waals surface area contributed by atoms with Gasteiger partial charge in [0.05, 0.1) is 11.4 Å². The molecule has 11 rings (SSSR count). The number of carbonyl (C=O) groups is 1. The summed E-state index contributed by atoms with van der Waals surface area (Å²) in [6.45, 7) is 6.54. The Morgan fingerprint density at radius 3 is 1.45 bits per heavy atom. The number of anilines is 3. The summed E-state index contributed by atoms with van der Waals surface area (Å²) in [6.07, 6.45) is 0. The van der Waals surface area contributed by atoms with Crippen molar-refractivity contribution < 1.29 is 4.79 Å². The summed E-state index contributed by atoms with van der Waals surface area (Å²) in [4.78, 5) is 22.8. The molecule has 8 aromatic rings. The Balaban J connectivity index is 1.28. The molecule has 0 radical (unpaired) electrons. The van der Waals surface area contributed by atoms with E-state index in [4.69, 9.17) is 0 Å². The largest absolute Gasteiger partial charge is 0.340 e. The number of carbonyl (C=O) groups excluding carboxylic acids is 1. The van der Waals surface area contributed by atoms with Gasteiger partial charge in [-0.3, -0.25) is 4.90 Å². The Bertz CT molecular complexity index is 3230. The fourth-order valence-corrected chi connectivity index (χ4v) is 9.95. The molecule has 0 spiro atoms. The Labute approximate surface area is 382 Å². The predicted molar refractivity (Wildman–Crippen MR) is 276 cm³/mol. The number of para-hydroxylation sites is 2. The summed E-state index contributed by atoms with van der Waals surface area (Å²) in [5.41, 5.74) is 12.6. The Hall–Kier alpha value is -7.82. The number of rotatable bonds is 6. The smallest absolute Gasteiger partial charge is 0.284 e. The van der Waals surface area contributed by atoms with E-state index >= 15 is 4.79 Å². The van der Waals surface area contributed by atoms with Crippen LogP contribution in [0, 0.1) is 0 Å². The molecule has 0 bridgehead atoms. The van der Waals surface area contributed by atoms with Crippen molar-refractivity contribution >= 4 is 69.1 Å². The molecule has 0 unspecified atom stereocenters. The fourth-order valence-electron chi connectivity index (χ4n) is 9.95. The van der Waals surface area contributed by atoms with Gasteiger partial charge in [-0.05, 0) is 55.9 Å². The minimum Gasteiger partial charge on any atom is -0.284 e. The molecule has 0 atom stereocenters. The highest BCUT2D eigenvalue weighted by molar-refractivity contribution is 6.95. The van der Waals surface area contributed by atoms with Gasteiger partial charge in [0.1, 0.15) is 11.6 Å². The molecule has 3 heterocycles. The quantitative estimate of drug-likeness (QED) is 0.156. The zero-order valence-electron chi connectivity index (χ0n) is 36.8. The van der Waals surface area contributed by atoms with Crippen LogP contribution >= 0.6 is 0 Å². The topological polar surface area (TPSA) is 26.8 Å². The first-order valence-corrected chi connectivity index (χ1v) is 22.6. The number of fused-ring (bicyclic) bond motifs is 1. The summed E-state index contributed by atoms with van der Waals surface area (Å²) < 4.78 is 0. The Morgan fingerprint density at radius 1 is 0.415 bits per heavy atom. The van der Waals surface area contributed by atoms with Crippen LogP contribution in [0.4, 0.5) is 21.9 Å². The third-order valence-corrected chi connectivity index (χ3v) is 13.1. The van der Waals surface area contributed by atoms with Crippen molar-refractivity contribution in [1.82, 2.24) is 0 Å². The lowest BCUT2D eigenvalue weighted by atomic mass is 9.34. The van der Waals surface area contributed by atoms with Crippen molar-refractivity contribution in [2.75, 3.05) is 14.7 Å². The first kappa shape index (κ1) is 40.0. The number of benzene rings is 7. The average molecular weight is 836 g/mol. The third kappa shape index (κ3) is 7.03. The summed E-state index contributed by atoms with van der Waals surface area (Å²) >= 11 is 0. The standard InChI is InChI=1S/C59H47B2N3O/c1-59(2,3)45-38-51-57-52(39-45)61(50-35-23-29-42-28-17-18-32-47(42)50)41-56-63(54-37-22-20-34-49(54)44-26-13-10-14-27-44)58(65)62(53-36-21-19-33-48(53)43-24-11-9-12-25-43)55(64(56)57)40-60(51)46-30-15-7-5-4-6-8-16-31-46/h4-41H,1-3H3. The van der Waals surface area contributed by atoms with E-state index in [0.717, 1.165) is 56.4 Å². The molecule has 0 aromatic heterocycles. The van der Waals surface area contributed by atoms with E-state index in [9.17, 15) is 0 Å². The monoisotopic (exact) mass is 835 g/mol. The van der Waals surface area contributed by atoms with Crippen LogP contribution in [0.25, 0.3) is 33.0 Å². The van der Waals surface area contributed by atoms with Crippen molar-refractivity contribution in [1.29, 1.82) is 0 Å². The van der Waals surface area contributed by atoms with Gasteiger partial charge in [-0.25, -0.2) is 14.6 Å². The normalized spacial score (nSPS) is 14.1. The number of amides is 2. The lowest BCUT2D eigenvalue weighted by Gasteiger charge is -2.52. The molecule has 4 nitrogen and oxygen atoms in total. The SMILES string of the molecule is CC(C)(C)c1cc2c3c(c1)B(c1cccc4ccccc14)C=C1N(c4ccccc4-c4ccccc4)C(=O)N(c4ccccc4-c4ccccc4)C(=CB2c2ccccccccc2)N13. The maximum atomic E-state index is 16.4. The highest BCUT2D eigenvalue weighted by atomic mass is 16.2. The zero-order chi connectivity index (χ0) is 44.1. The Kier molecular flexibility index (Phi) is 10.1. The van der Waals surface area contributed by atoms with Crippen molar-refractivity contribution in [3.63, 3.8) is 0 Å². The second-order valence-corrected chi connectivity index (χ2v) is 18.1. The Morgan fingerprint density at radius 2 is 0.862 bits per heavy atom. The molecule has 3 aliphatic heterocycles. The molecule has 2 amide bonds. The molecule has 1 saturated heterocycles. The van der Waals surface area contributed by atoms with E-state index in [0.29, 0.717) is 0 Å². The van der Waals surface area contributed by atoms with Gasteiger partial charge < -0.3 is 0 Å². The fraction of sp³-hybridized carbons (Fsp3) is 0.0678. The van der Waals surface area contributed by atoms with Crippen LogP contribution in [0.1, 0.15) is 26.3 Å². The van der Waals surface area contributed by atoms with E-state index in [1.54, 1.807) is 0 Å². The van der Waals surface area contributed by atoms with Crippen molar-refractivity contribution in [3.05, 3.63) is 248 Å². The maximum absolute atomic E-state index is 16.4. The zero-order valence-corrected chi connectivity index (χ0v) is 36.8. The molecule has 65 heavy (non-hydrogen) atoms. The molecular weight excluding hydrogens is 788 g/mol. The second kappa shape index (κ2) is 16.4. The van der Waals surface area contributed by atoms with Gasteiger partial charge in [-0.1, -0.05) is 250 Å². The molecule has 1 fully saturated rings. The third-order valence-electron chi connectivity index (χ3n) is 13.1. The highest BCUT2D eigenvalue weighted by Crippen LogP contribution is 2.46. The number of hydrogen-bond donors (Lipinski definition) is 0. The van der Waals surface area contributed by atoms with Crippen LogP contribution in [-0.4, -0.2) is 19.5 Å². The van der Waals surface area contributed by atoms with Gasteiger partial charge in [-0.2, -0.15) is 0 Å². The lowest BCUT2D eigenvalue weighted by molar-refractivity contribution is 0.252. The molecular formula is C59H47B2N3O. The van der Waals surface area contributed by atoms with Crippen LogP contribution in [0.15, 0.2) is 242 Å². The minimum atomic E-state index is -0.204. The average Bonchev–Trinajstić information content (AvgIpc) is 3.34. The number of nitrogens with zero attached hydrogens (tertiary/aromatic N) is 3. The van der Waals surface area contributed by atoms with Crippen LogP contribution in [-0.2, 0) is 5.41 Å². The van der Waals surface area contributed by atoms with Crippen LogP contribution in [0.2, 0.25) is 0 Å². The summed E-state index contributed by atoms with van der Waals surface area (Å²) in [5, 5.41) is 2.38. The van der Waals surface area contributed by atoms with Crippen molar-refractivity contribution in [2.45, 2.75) is 26.2 Å². The predicted octanol–water partition coefficient (Wildman–Crippen LogP) is 11.6. The van der Waals surface area contributed by atoms with E-state index in [-0.39, 0.29) is 24.9 Å². The van der Waals surface area contributed by atoms with Crippen LogP contribution in [0.3, 0.4) is 0 Å². The highest BCUT2D eigenvalue weighted by Gasteiger charge is 2.50. The lowest BCUT2D eigenvalue weighted by Crippen LogP contribution is -2.65.